The van der Waals surface area contributed by atoms with E-state index in [9.17, 15) is 14.4 Å². The van der Waals surface area contributed by atoms with Crippen LogP contribution in [0.5, 0.6) is 5.75 Å². The Hall–Kier alpha value is -3.35. The Morgan fingerprint density at radius 1 is 1.17 bits per heavy atom. The summed E-state index contributed by atoms with van der Waals surface area (Å²) in [7, 11) is 0. The molecular weight excluding hydrogens is 384 g/mol. The van der Waals surface area contributed by atoms with Crippen LogP contribution in [0.25, 0.3) is 0 Å². The third-order valence-corrected chi connectivity index (χ3v) is 4.95. The second kappa shape index (κ2) is 9.91. The van der Waals surface area contributed by atoms with Crippen molar-refractivity contribution in [2.75, 3.05) is 24.7 Å². The molecule has 0 aromatic heterocycles. The molecule has 7 nitrogen and oxygen atoms in total. The molecule has 1 heterocycles. The first-order valence-electron chi connectivity index (χ1n) is 10.0. The van der Waals surface area contributed by atoms with Gasteiger partial charge in [0.2, 0.25) is 5.91 Å². The van der Waals surface area contributed by atoms with Gasteiger partial charge in [-0.15, -0.1) is 0 Å². The van der Waals surface area contributed by atoms with E-state index in [1.807, 2.05) is 31.2 Å². The molecule has 0 unspecified atom stereocenters. The molecule has 0 spiro atoms. The van der Waals surface area contributed by atoms with Crippen LogP contribution in [-0.2, 0) is 25.5 Å². The number of esters is 1. The number of amides is 2. The zero-order chi connectivity index (χ0) is 21.5. The minimum absolute atomic E-state index is 0.163. The summed E-state index contributed by atoms with van der Waals surface area (Å²) in [4.78, 5) is 38.1. The van der Waals surface area contributed by atoms with Crippen molar-refractivity contribution >= 4 is 23.5 Å². The minimum atomic E-state index is -0.657. The van der Waals surface area contributed by atoms with Crippen LogP contribution in [0.2, 0.25) is 0 Å². The number of para-hydroxylation sites is 2. The van der Waals surface area contributed by atoms with Gasteiger partial charge in [-0.05, 0) is 36.6 Å². The Labute approximate surface area is 176 Å². The van der Waals surface area contributed by atoms with Crippen molar-refractivity contribution in [2.45, 2.75) is 32.7 Å². The van der Waals surface area contributed by atoms with Gasteiger partial charge >= 0.3 is 5.97 Å². The van der Waals surface area contributed by atoms with Crippen molar-refractivity contribution in [3.63, 3.8) is 0 Å². The van der Waals surface area contributed by atoms with Gasteiger partial charge in [-0.25, -0.2) is 0 Å². The molecule has 1 atom stereocenters. The molecular formula is C23H26N2O5. The largest absolute Gasteiger partial charge is 0.491 e. The first kappa shape index (κ1) is 21.4. The van der Waals surface area contributed by atoms with E-state index in [4.69, 9.17) is 9.47 Å². The van der Waals surface area contributed by atoms with Crippen molar-refractivity contribution < 1.29 is 23.9 Å². The molecule has 3 rings (SSSR count). The summed E-state index contributed by atoms with van der Waals surface area (Å²) in [5.74, 6) is -0.751. The molecule has 2 amide bonds. The average molecular weight is 410 g/mol. The number of fused-ring (bicyclic) bond motifs is 1. The van der Waals surface area contributed by atoms with E-state index in [0.717, 1.165) is 12.0 Å². The molecule has 158 valence electrons. The lowest BCUT2D eigenvalue weighted by Gasteiger charge is -2.21. The van der Waals surface area contributed by atoms with Gasteiger partial charge in [-0.1, -0.05) is 43.3 Å². The molecule has 0 bridgehead atoms. The van der Waals surface area contributed by atoms with Crippen LogP contribution >= 0.6 is 0 Å². The van der Waals surface area contributed by atoms with Gasteiger partial charge in [0.25, 0.3) is 5.91 Å². The molecule has 0 saturated heterocycles. The zero-order valence-electron chi connectivity index (χ0n) is 17.2. The minimum Gasteiger partial charge on any atom is -0.491 e. The SMILES string of the molecule is CCc1ccc([C@H](C)NC(=O)COC(=O)CN2C(=O)CCOc3ccccc32)cc1. The highest BCUT2D eigenvalue weighted by atomic mass is 16.5. The Kier molecular flexibility index (Phi) is 7.06. The van der Waals surface area contributed by atoms with Crippen molar-refractivity contribution in [1.82, 2.24) is 5.32 Å². The summed E-state index contributed by atoms with van der Waals surface area (Å²) in [6, 6.07) is 14.8. The van der Waals surface area contributed by atoms with E-state index in [2.05, 4.69) is 12.2 Å². The summed E-state index contributed by atoms with van der Waals surface area (Å²) in [5.41, 5.74) is 2.71. The van der Waals surface area contributed by atoms with E-state index in [1.165, 1.54) is 10.5 Å². The standard InChI is InChI=1S/C23H26N2O5/c1-3-17-8-10-18(11-9-17)16(2)24-21(26)15-30-23(28)14-25-19-6-4-5-7-20(19)29-13-12-22(25)27/h4-11,16H,3,12-15H2,1-2H3,(H,24,26)/t16-/m0/s1. The summed E-state index contributed by atoms with van der Waals surface area (Å²) in [5, 5.41) is 2.81. The van der Waals surface area contributed by atoms with E-state index < -0.39 is 18.5 Å². The van der Waals surface area contributed by atoms with Gasteiger partial charge in [0.15, 0.2) is 6.61 Å². The van der Waals surface area contributed by atoms with Crippen LogP contribution in [-0.4, -0.2) is 37.5 Å². The van der Waals surface area contributed by atoms with Crippen molar-refractivity contribution in [1.29, 1.82) is 0 Å². The Bertz CT molecular complexity index is 910. The quantitative estimate of drug-likeness (QED) is 0.710. The number of anilines is 1. The molecule has 0 saturated carbocycles. The van der Waals surface area contributed by atoms with Gasteiger partial charge in [-0.2, -0.15) is 0 Å². The normalized spacial score (nSPS) is 14.2. The Morgan fingerprint density at radius 3 is 2.63 bits per heavy atom. The molecule has 0 radical (unpaired) electrons. The third kappa shape index (κ3) is 5.37. The van der Waals surface area contributed by atoms with Crippen LogP contribution in [0.15, 0.2) is 48.5 Å². The zero-order valence-corrected chi connectivity index (χ0v) is 17.2. The summed E-state index contributed by atoms with van der Waals surface area (Å²) in [6.07, 6.45) is 1.11. The van der Waals surface area contributed by atoms with Crippen LogP contribution in [0, 0.1) is 0 Å². The summed E-state index contributed by atoms with van der Waals surface area (Å²) in [6.45, 7) is 3.52. The van der Waals surface area contributed by atoms with Crippen molar-refractivity contribution in [3.05, 3.63) is 59.7 Å². The number of hydrogen-bond acceptors (Lipinski definition) is 5. The number of rotatable bonds is 7. The number of hydrogen-bond donors (Lipinski definition) is 1. The number of carbonyl (C=O) groups excluding carboxylic acids is 3. The molecule has 1 N–H and O–H groups in total. The fourth-order valence-electron chi connectivity index (χ4n) is 3.22. The van der Waals surface area contributed by atoms with Crippen LogP contribution in [0.4, 0.5) is 5.69 Å². The predicted molar refractivity (Wildman–Crippen MR) is 112 cm³/mol. The highest BCUT2D eigenvalue weighted by Crippen LogP contribution is 2.30. The Balaban J connectivity index is 1.52. The van der Waals surface area contributed by atoms with Crippen molar-refractivity contribution in [3.8, 4) is 5.75 Å². The smallest absolute Gasteiger partial charge is 0.326 e. The molecule has 0 aliphatic carbocycles. The van der Waals surface area contributed by atoms with Crippen LogP contribution in [0.3, 0.4) is 0 Å². The third-order valence-electron chi connectivity index (χ3n) is 4.95. The fraction of sp³-hybridized carbons (Fsp3) is 0.348. The van der Waals surface area contributed by atoms with Crippen LogP contribution in [0.1, 0.15) is 37.4 Å². The second-order valence-corrected chi connectivity index (χ2v) is 7.09. The van der Waals surface area contributed by atoms with E-state index in [0.29, 0.717) is 11.4 Å². The maximum atomic E-state index is 12.4. The maximum absolute atomic E-state index is 12.4. The number of nitrogens with zero attached hydrogens (tertiary/aromatic N) is 1. The molecule has 2 aromatic carbocycles. The van der Waals surface area contributed by atoms with Gasteiger partial charge in [0, 0.05) is 0 Å². The van der Waals surface area contributed by atoms with Gasteiger partial charge in [0.1, 0.15) is 12.3 Å². The predicted octanol–water partition coefficient (Wildman–Crippen LogP) is 2.79. The van der Waals surface area contributed by atoms with Gasteiger partial charge in [0.05, 0.1) is 24.8 Å². The average Bonchev–Trinajstić information content (AvgIpc) is 2.91. The van der Waals surface area contributed by atoms with E-state index in [-0.39, 0.29) is 31.5 Å². The maximum Gasteiger partial charge on any atom is 0.326 e. The van der Waals surface area contributed by atoms with Crippen LogP contribution < -0.4 is 15.0 Å². The molecule has 2 aromatic rings. The number of nitrogens with one attached hydrogen (secondary N) is 1. The lowest BCUT2D eigenvalue weighted by Crippen LogP contribution is -2.38. The molecule has 0 fully saturated rings. The first-order chi connectivity index (χ1) is 14.5. The number of aryl methyl sites for hydroxylation is 1. The molecule has 30 heavy (non-hydrogen) atoms. The van der Waals surface area contributed by atoms with Crippen molar-refractivity contribution in [2.24, 2.45) is 0 Å². The first-order valence-corrected chi connectivity index (χ1v) is 10.0. The molecule has 1 aliphatic rings. The number of ether oxygens (including phenoxy) is 2. The summed E-state index contributed by atoms with van der Waals surface area (Å²) < 4.78 is 10.6. The number of carbonyl (C=O) groups is 3. The van der Waals surface area contributed by atoms with Gasteiger partial charge < -0.3 is 14.8 Å². The Morgan fingerprint density at radius 2 is 1.90 bits per heavy atom. The van der Waals surface area contributed by atoms with Gasteiger partial charge in [-0.3, -0.25) is 19.3 Å². The lowest BCUT2D eigenvalue weighted by molar-refractivity contribution is -0.147. The highest BCUT2D eigenvalue weighted by Gasteiger charge is 2.26. The lowest BCUT2D eigenvalue weighted by atomic mass is 10.1. The monoisotopic (exact) mass is 410 g/mol. The summed E-state index contributed by atoms with van der Waals surface area (Å²) >= 11 is 0. The fourth-order valence-corrected chi connectivity index (χ4v) is 3.22. The second-order valence-electron chi connectivity index (χ2n) is 7.09. The molecule has 7 heteroatoms. The topological polar surface area (TPSA) is 84.9 Å². The number of benzene rings is 2. The molecule has 1 aliphatic heterocycles. The van der Waals surface area contributed by atoms with E-state index in [1.54, 1.807) is 24.3 Å². The van der Waals surface area contributed by atoms with E-state index >= 15 is 0 Å². The highest BCUT2D eigenvalue weighted by molar-refractivity contribution is 5.99.